The first kappa shape index (κ1) is 21.9. The molecular formula is C20H28N4O3S. The monoisotopic (exact) mass is 404 g/mol. The molecule has 0 aliphatic carbocycles. The lowest BCUT2D eigenvalue weighted by molar-refractivity contribution is -0.117. The van der Waals surface area contributed by atoms with Gasteiger partial charge in [0, 0.05) is 13.1 Å². The summed E-state index contributed by atoms with van der Waals surface area (Å²) in [4.78, 5) is 41.1. The number of benzene rings is 1. The summed E-state index contributed by atoms with van der Waals surface area (Å²) in [6.45, 7) is 5.15. The van der Waals surface area contributed by atoms with E-state index in [-0.39, 0.29) is 11.3 Å². The fraction of sp³-hybridized carbons (Fsp3) is 0.500. The van der Waals surface area contributed by atoms with Crippen LogP contribution in [0, 0.1) is 0 Å². The fourth-order valence-electron chi connectivity index (χ4n) is 2.73. The van der Waals surface area contributed by atoms with Crippen LogP contribution in [0.1, 0.15) is 46.0 Å². The van der Waals surface area contributed by atoms with E-state index >= 15 is 0 Å². The van der Waals surface area contributed by atoms with Crippen LogP contribution in [0.25, 0.3) is 10.9 Å². The molecule has 28 heavy (non-hydrogen) atoms. The number of carbonyl (C=O) groups is 2. The number of nitrogens with one attached hydrogen (secondary N) is 2. The summed E-state index contributed by atoms with van der Waals surface area (Å²) < 4.78 is 1.65. The lowest BCUT2D eigenvalue weighted by Crippen LogP contribution is -2.40. The van der Waals surface area contributed by atoms with Crippen LogP contribution in [0.15, 0.2) is 34.2 Å². The van der Waals surface area contributed by atoms with E-state index in [0.717, 1.165) is 32.1 Å². The molecule has 1 aromatic heterocycles. The van der Waals surface area contributed by atoms with Crippen molar-refractivity contribution in [2.24, 2.45) is 0 Å². The number of urea groups is 1. The molecule has 0 saturated carbocycles. The van der Waals surface area contributed by atoms with E-state index in [2.05, 4.69) is 22.5 Å². The van der Waals surface area contributed by atoms with Gasteiger partial charge in [-0.3, -0.25) is 19.5 Å². The Hall–Kier alpha value is -2.35. The molecule has 0 fully saturated rings. The van der Waals surface area contributed by atoms with Crippen LogP contribution in [0.5, 0.6) is 0 Å². The van der Waals surface area contributed by atoms with Crippen molar-refractivity contribution >= 4 is 34.6 Å². The highest BCUT2D eigenvalue weighted by Crippen LogP contribution is 2.18. The minimum atomic E-state index is -0.504. The quantitative estimate of drug-likeness (QED) is 0.360. The Labute approximate surface area is 169 Å². The molecule has 0 saturated heterocycles. The predicted octanol–water partition coefficient (Wildman–Crippen LogP) is 3.30. The molecule has 2 N–H and O–H groups in total. The van der Waals surface area contributed by atoms with Crippen molar-refractivity contribution in [3.63, 3.8) is 0 Å². The van der Waals surface area contributed by atoms with Crippen LogP contribution in [0.3, 0.4) is 0 Å². The van der Waals surface area contributed by atoms with E-state index in [9.17, 15) is 14.4 Å². The maximum atomic E-state index is 12.9. The standard InChI is InChI=1S/C20H28N4O3S/c1-3-5-6-9-13-24-18(26)15-10-7-8-11-16(15)22-20(24)28-14-17(25)23-19(27)21-12-4-2/h7-8,10-11H,3-6,9,12-14H2,1-2H3,(H2,21,23,25,27). The molecule has 0 atom stereocenters. The number of para-hydroxylation sites is 1. The minimum Gasteiger partial charge on any atom is -0.338 e. The summed E-state index contributed by atoms with van der Waals surface area (Å²) in [6, 6.07) is 6.71. The SMILES string of the molecule is CCCCCCn1c(SCC(=O)NC(=O)NCCC)nc2ccccc2c1=O. The van der Waals surface area contributed by atoms with Crippen molar-refractivity contribution in [3.05, 3.63) is 34.6 Å². The number of unbranched alkanes of at least 4 members (excludes halogenated alkanes) is 3. The zero-order chi connectivity index (χ0) is 20.4. The molecule has 152 valence electrons. The number of nitrogens with zero attached hydrogens (tertiary/aromatic N) is 2. The average molecular weight is 405 g/mol. The molecule has 1 aromatic carbocycles. The molecular weight excluding hydrogens is 376 g/mol. The van der Waals surface area contributed by atoms with E-state index in [0.29, 0.717) is 29.1 Å². The Kier molecular flexibility index (Phi) is 9.00. The van der Waals surface area contributed by atoms with Gasteiger partial charge in [0.15, 0.2) is 5.16 Å². The van der Waals surface area contributed by atoms with Crippen LogP contribution >= 0.6 is 11.8 Å². The fourth-order valence-corrected chi connectivity index (χ4v) is 3.55. The maximum Gasteiger partial charge on any atom is 0.321 e. The van der Waals surface area contributed by atoms with Crippen LogP contribution in [0.2, 0.25) is 0 Å². The van der Waals surface area contributed by atoms with Gasteiger partial charge in [-0.25, -0.2) is 9.78 Å². The lowest BCUT2D eigenvalue weighted by Gasteiger charge is -2.13. The number of hydrogen-bond acceptors (Lipinski definition) is 5. The van der Waals surface area contributed by atoms with Gasteiger partial charge in [-0.15, -0.1) is 0 Å². The first-order valence-corrected chi connectivity index (χ1v) is 10.8. The van der Waals surface area contributed by atoms with Crippen molar-refractivity contribution in [1.82, 2.24) is 20.2 Å². The van der Waals surface area contributed by atoms with Gasteiger partial charge in [-0.1, -0.05) is 57.0 Å². The van der Waals surface area contributed by atoms with Crippen LogP contribution in [0.4, 0.5) is 4.79 Å². The second kappa shape index (κ2) is 11.5. The van der Waals surface area contributed by atoms with Gasteiger partial charge in [0.25, 0.3) is 5.56 Å². The number of carbonyl (C=O) groups excluding carboxylic acids is 2. The highest BCUT2D eigenvalue weighted by molar-refractivity contribution is 7.99. The second-order valence-corrected chi connectivity index (χ2v) is 7.46. The van der Waals surface area contributed by atoms with Gasteiger partial charge in [0.2, 0.25) is 5.91 Å². The normalized spacial score (nSPS) is 10.8. The van der Waals surface area contributed by atoms with Crippen molar-refractivity contribution in [1.29, 1.82) is 0 Å². The van der Waals surface area contributed by atoms with Crippen molar-refractivity contribution in [2.45, 2.75) is 57.7 Å². The number of thioether (sulfide) groups is 1. The average Bonchev–Trinajstić information content (AvgIpc) is 2.69. The summed E-state index contributed by atoms with van der Waals surface area (Å²) >= 11 is 1.17. The summed E-state index contributed by atoms with van der Waals surface area (Å²) in [6.07, 6.45) is 4.95. The predicted molar refractivity (Wildman–Crippen MR) is 113 cm³/mol. The number of imide groups is 1. The van der Waals surface area contributed by atoms with E-state index in [1.165, 1.54) is 11.8 Å². The third-order valence-electron chi connectivity index (χ3n) is 4.18. The van der Waals surface area contributed by atoms with Gasteiger partial charge in [0.05, 0.1) is 16.7 Å². The summed E-state index contributed by atoms with van der Waals surface area (Å²) in [5.74, 6) is -0.405. The number of amides is 3. The maximum absolute atomic E-state index is 12.9. The summed E-state index contributed by atoms with van der Waals surface area (Å²) in [5, 5.41) is 5.96. The van der Waals surface area contributed by atoms with Gasteiger partial charge >= 0.3 is 6.03 Å². The minimum absolute atomic E-state index is 0.0132. The number of hydrogen-bond donors (Lipinski definition) is 2. The van der Waals surface area contributed by atoms with E-state index in [1.807, 2.05) is 19.1 Å². The first-order valence-electron chi connectivity index (χ1n) is 9.76. The topological polar surface area (TPSA) is 93.1 Å². The van der Waals surface area contributed by atoms with E-state index < -0.39 is 11.9 Å². The zero-order valence-electron chi connectivity index (χ0n) is 16.5. The molecule has 8 heteroatoms. The molecule has 2 aromatic rings. The van der Waals surface area contributed by atoms with E-state index in [4.69, 9.17) is 0 Å². The summed E-state index contributed by atoms with van der Waals surface area (Å²) in [7, 11) is 0. The highest BCUT2D eigenvalue weighted by atomic mass is 32.2. The third kappa shape index (κ3) is 6.37. The van der Waals surface area contributed by atoms with Crippen molar-refractivity contribution in [2.75, 3.05) is 12.3 Å². The van der Waals surface area contributed by atoms with Gasteiger partial charge in [-0.05, 0) is 25.0 Å². The summed E-state index contributed by atoms with van der Waals surface area (Å²) in [5.41, 5.74) is 0.520. The Bertz CT molecular complexity index is 866. The van der Waals surface area contributed by atoms with Crippen LogP contribution in [-0.4, -0.2) is 33.8 Å². The molecule has 1 heterocycles. The molecule has 2 rings (SSSR count). The van der Waals surface area contributed by atoms with Crippen molar-refractivity contribution < 1.29 is 9.59 Å². The Morgan fingerprint density at radius 1 is 1.11 bits per heavy atom. The Morgan fingerprint density at radius 3 is 2.64 bits per heavy atom. The molecule has 7 nitrogen and oxygen atoms in total. The first-order chi connectivity index (χ1) is 13.6. The van der Waals surface area contributed by atoms with Gasteiger partial charge < -0.3 is 5.32 Å². The van der Waals surface area contributed by atoms with Gasteiger partial charge in [-0.2, -0.15) is 0 Å². The molecule has 0 aliphatic heterocycles. The van der Waals surface area contributed by atoms with Crippen molar-refractivity contribution in [3.8, 4) is 0 Å². The molecule has 0 aliphatic rings. The molecule has 0 radical (unpaired) electrons. The largest absolute Gasteiger partial charge is 0.338 e. The molecule has 0 unspecified atom stereocenters. The second-order valence-electron chi connectivity index (χ2n) is 6.52. The number of rotatable bonds is 10. The molecule has 3 amide bonds. The lowest BCUT2D eigenvalue weighted by atomic mass is 10.2. The zero-order valence-corrected chi connectivity index (χ0v) is 17.3. The number of fused-ring (bicyclic) bond motifs is 1. The van der Waals surface area contributed by atoms with E-state index in [1.54, 1.807) is 16.7 Å². The van der Waals surface area contributed by atoms with Gasteiger partial charge in [0.1, 0.15) is 0 Å². The number of aromatic nitrogens is 2. The smallest absolute Gasteiger partial charge is 0.321 e. The highest BCUT2D eigenvalue weighted by Gasteiger charge is 2.14. The Balaban J connectivity index is 2.13. The molecule has 0 bridgehead atoms. The van der Waals surface area contributed by atoms with Crippen LogP contribution in [-0.2, 0) is 11.3 Å². The van der Waals surface area contributed by atoms with Crippen LogP contribution < -0.4 is 16.2 Å². The molecule has 0 spiro atoms. The third-order valence-corrected chi connectivity index (χ3v) is 5.16. The Morgan fingerprint density at radius 2 is 1.89 bits per heavy atom.